The van der Waals surface area contributed by atoms with Crippen LogP contribution in [0.3, 0.4) is 0 Å². The van der Waals surface area contributed by atoms with Gasteiger partial charge in [0, 0.05) is 6.20 Å². The number of carbonyl (C=O) groups excluding carboxylic acids is 2. The Labute approximate surface area is 177 Å². The molecule has 2 amide bonds. The van der Waals surface area contributed by atoms with Gasteiger partial charge in [-0.05, 0) is 36.4 Å². The van der Waals surface area contributed by atoms with Crippen LogP contribution in [0.4, 0.5) is 18.9 Å². The van der Waals surface area contributed by atoms with E-state index in [2.05, 4.69) is 4.98 Å². The van der Waals surface area contributed by atoms with Crippen LogP contribution in [-0.2, 0) is 6.18 Å². The zero-order valence-corrected chi connectivity index (χ0v) is 16.2. The largest absolute Gasteiger partial charge is 0.436 e. The van der Waals surface area contributed by atoms with Crippen molar-refractivity contribution in [1.29, 1.82) is 0 Å². The molecule has 152 valence electrons. The van der Waals surface area contributed by atoms with Crippen LogP contribution in [0.5, 0.6) is 11.6 Å². The maximum Gasteiger partial charge on any atom is 0.417 e. The minimum absolute atomic E-state index is 0.00169. The van der Waals surface area contributed by atoms with Gasteiger partial charge in [0.05, 0.1) is 27.4 Å². The molecule has 0 unspecified atom stereocenters. The zero-order chi connectivity index (χ0) is 21.6. The molecule has 5 nitrogen and oxygen atoms in total. The molecule has 1 aliphatic rings. The number of alkyl halides is 3. The minimum atomic E-state index is -4.60. The first-order chi connectivity index (χ1) is 14.2. The van der Waals surface area contributed by atoms with Crippen molar-refractivity contribution in [2.75, 3.05) is 4.90 Å². The predicted octanol–water partition coefficient (Wildman–Crippen LogP) is 6.00. The van der Waals surface area contributed by atoms with Gasteiger partial charge in [0.1, 0.15) is 10.8 Å². The number of hydrogen-bond acceptors (Lipinski definition) is 4. The molecule has 0 saturated carbocycles. The average molecular weight is 453 g/mol. The Morgan fingerprint density at radius 2 is 1.53 bits per heavy atom. The lowest BCUT2D eigenvalue weighted by molar-refractivity contribution is -0.137. The molecular formula is C20H9Cl2F3N2O3. The Balaban J connectivity index is 1.61. The highest BCUT2D eigenvalue weighted by Gasteiger charge is 2.36. The van der Waals surface area contributed by atoms with Crippen LogP contribution in [-0.4, -0.2) is 16.8 Å². The van der Waals surface area contributed by atoms with E-state index >= 15 is 0 Å². The summed E-state index contributed by atoms with van der Waals surface area (Å²) in [5.41, 5.74) is -0.253. The topological polar surface area (TPSA) is 59.5 Å². The molecule has 0 N–H and O–H groups in total. The third-order valence-corrected chi connectivity index (χ3v) is 4.88. The van der Waals surface area contributed by atoms with Crippen LogP contribution in [0, 0.1) is 0 Å². The number of benzene rings is 2. The molecule has 0 aliphatic carbocycles. The highest BCUT2D eigenvalue weighted by Crippen LogP contribution is 2.38. The van der Waals surface area contributed by atoms with Gasteiger partial charge in [-0.25, -0.2) is 9.88 Å². The highest BCUT2D eigenvalue weighted by molar-refractivity contribution is 6.36. The first-order valence-electron chi connectivity index (χ1n) is 8.35. The summed E-state index contributed by atoms with van der Waals surface area (Å²) in [7, 11) is 0. The summed E-state index contributed by atoms with van der Waals surface area (Å²) in [5, 5.41) is -0.355. The maximum absolute atomic E-state index is 12.7. The van der Waals surface area contributed by atoms with Gasteiger partial charge in [-0.15, -0.1) is 0 Å². The molecule has 0 atom stereocenters. The summed E-state index contributed by atoms with van der Waals surface area (Å²) in [4.78, 5) is 29.7. The lowest BCUT2D eigenvalue weighted by Gasteiger charge is -2.16. The van der Waals surface area contributed by atoms with E-state index in [0.717, 1.165) is 4.90 Å². The number of halogens is 5. The van der Waals surface area contributed by atoms with Gasteiger partial charge in [-0.2, -0.15) is 13.2 Å². The van der Waals surface area contributed by atoms with Gasteiger partial charge in [0.15, 0.2) is 0 Å². The van der Waals surface area contributed by atoms with Crippen molar-refractivity contribution in [3.63, 3.8) is 0 Å². The number of amides is 2. The van der Waals surface area contributed by atoms with E-state index in [1.165, 1.54) is 18.2 Å². The number of pyridine rings is 1. The highest BCUT2D eigenvalue weighted by atomic mass is 35.5. The van der Waals surface area contributed by atoms with Gasteiger partial charge >= 0.3 is 6.18 Å². The Morgan fingerprint density at radius 3 is 2.07 bits per heavy atom. The van der Waals surface area contributed by atoms with Crippen LogP contribution < -0.4 is 9.64 Å². The summed E-state index contributed by atoms with van der Waals surface area (Å²) in [5.74, 6) is -1.23. The second kappa shape index (κ2) is 7.30. The third kappa shape index (κ3) is 3.48. The van der Waals surface area contributed by atoms with Crippen LogP contribution in [0.15, 0.2) is 54.7 Å². The first kappa shape index (κ1) is 20.2. The van der Waals surface area contributed by atoms with Crippen LogP contribution in [0.25, 0.3) is 0 Å². The predicted molar refractivity (Wildman–Crippen MR) is 103 cm³/mol. The van der Waals surface area contributed by atoms with Crippen LogP contribution >= 0.6 is 23.2 Å². The molecule has 1 aliphatic heterocycles. The zero-order valence-electron chi connectivity index (χ0n) is 14.7. The van der Waals surface area contributed by atoms with E-state index in [-0.39, 0.29) is 38.5 Å². The van der Waals surface area contributed by atoms with E-state index in [4.69, 9.17) is 27.9 Å². The van der Waals surface area contributed by atoms with E-state index in [9.17, 15) is 22.8 Å². The molecule has 4 rings (SSSR count). The summed E-state index contributed by atoms with van der Waals surface area (Å²) in [6.45, 7) is 0. The number of rotatable bonds is 3. The van der Waals surface area contributed by atoms with Gasteiger partial charge in [0.2, 0.25) is 5.88 Å². The molecule has 30 heavy (non-hydrogen) atoms. The standard InChI is InChI=1S/C20H9Cl2F3N2O3/c21-14-8-11(27-18(28)12-3-1-2-4-13(12)19(27)29)5-6-16(14)30-17-15(22)7-10(9-26-17)20(23,24)25/h1-9H. The Kier molecular flexibility index (Phi) is 4.91. The molecule has 0 saturated heterocycles. The van der Waals surface area contributed by atoms with E-state index < -0.39 is 23.6 Å². The number of carbonyl (C=O) groups is 2. The van der Waals surface area contributed by atoms with Gasteiger partial charge < -0.3 is 4.74 Å². The third-order valence-electron chi connectivity index (χ3n) is 4.31. The number of fused-ring (bicyclic) bond motifs is 1. The molecule has 3 aromatic rings. The van der Waals surface area contributed by atoms with Gasteiger partial charge in [-0.1, -0.05) is 35.3 Å². The lowest BCUT2D eigenvalue weighted by Crippen LogP contribution is -2.29. The van der Waals surface area contributed by atoms with Crippen molar-refractivity contribution >= 4 is 40.7 Å². The quantitative estimate of drug-likeness (QED) is 0.457. The number of ether oxygens (including phenoxy) is 1. The average Bonchev–Trinajstić information content (AvgIpc) is 2.95. The number of aromatic nitrogens is 1. The smallest absolute Gasteiger partial charge is 0.417 e. The molecule has 2 aromatic carbocycles. The van der Waals surface area contributed by atoms with E-state index in [1.807, 2.05) is 0 Å². The van der Waals surface area contributed by atoms with Crippen molar-refractivity contribution in [2.45, 2.75) is 6.18 Å². The van der Waals surface area contributed by atoms with Crippen molar-refractivity contribution in [1.82, 2.24) is 4.98 Å². The monoisotopic (exact) mass is 452 g/mol. The second-order valence-corrected chi connectivity index (χ2v) is 7.03. The molecular weight excluding hydrogens is 444 g/mol. The molecule has 1 aromatic heterocycles. The molecule has 2 heterocycles. The number of nitrogens with zero attached hydrogens (tertiary/aromatic N) is 2. The summed E-state index contributed by atoms with van der Waals surface area (Å²) >= 11 is 12.0. The fraction of sp³-hybridized carbons (Fsp3) is 0.0500. The summed E-state index contributed by atoms with van der Waals surface area (Å²) < 4.78 is 43.6. The number of imide groups is 1. The second-order valence-electron chi connectivity index (χ2n) is 6.22. The molecule has 0 spiro atoms. The SMILES string of the molecule is O=C1c2ccccc2C(=O)N1c1ccc(Oc2ncc(C(F)(F)F)cc2Cl)c(Cl)c1. The lowest BCUT2D eigenvalue weighted by atomic mass is 10.1. The molecule has 0 bridgehead atoms. The van der Waals surface area contributed by atoms with Crippen LogP contribution in [0.2, 0.25) is 10.0 Å². The fourth-order valence-corrected chi connectivity index (χ4v) is 3.31. The minimum Gasteiger partial charge on any atom is -0.436 e. The maximum atomic E-state index is 12.7. The van der Waals surface area contributed by atoms with Gasteiger partial charge in [-0.3, -0.25) is 9.59 Å². The van der Waals surface area contributed by atoms with Crippen molar-refractivity contribution < 1.29 is 27.5 Å². The van der Waals surface area contributed by atoms with E-state index in [0.29, 0.717) is 12.3 Å². The Morgan fingerprint density at radius 1 is 0.900 bits per heavy atom. The van der Waals surface area contributed by atoms with Crippen molar-refractivity contribution in [3.8, 4) is 11.6 Å². The van der Waals surface area contributed by atoms with Gasteiger partial charge in [0.25, 0.3) is 11.8 Å². The number of hydrogen-bond donors (Lipinski definition) is 0. The van der Waals surface area contributed by atoms with Crippen molar-refractivity contribution in [3.05, 3.63) is 81.5 Å². The molecule has 0 radical (unpaired) electrons. The van der Waals surface area contributed by atoms with Crippen LogP contribution in [0.1, 0.15) is 26.3 Å². The van der Waals surface area contributed by atoms with Crippen molar-refractivity contribution in [2.24, 2.45) is 0 Å². The Hall–Kier alpha value is -3.10. The summed E-state index contributed by atoms with van der Waals surface area (Å²) in [6.07, 6.45) is -4.01. The number of anilines is 1. The summed E-state index contributed by atoms with van der Waals surface area (Å²) in [6, 6.07) is 11.2. The van der Waals surface area contributed by atoms with E-state index in [1.54, 1.807) is 24.3 Å². The fourth-order valence-electron chi connectivity index (χ4n) is 2.90. The Bertz CT molecular complexity index is 1160. The molecule has 10 heteroatoms. The first-order valence-corrected chi connectivity index (χ1v) is 9.10. The molecule has 0 fully saturated rings. The normalized spacial score (nSPS) is 13.6.